The van der Waals surface area contributed by atoms with Gasteiger partial charge in [0.05, 0.1) is 11.8 Å². The van der Waals surface area contributed by atoms with Crippen LogP contribution in [0.5, 0.6) is 5.75 Å². The molecule has 1 aromatic carbocycles. The summed E-state index contributed by atoms with van der Waals surface area (Å²) in [6, 6.07) is 4.03. The summed E-state index contributed by atoms with van der Waals surface area (Å²) in [5.41, 5.74) is 2.96. The van der Waals surface area contributed by atoms with Gasteiger partial charge in [-0.2, -0.15) is 0 Å². The number of rotatable bonds is 5. The third kappa shape index (κ3) is 3.16. The molecule has 1 aliphatic carbocycles. The van der Waals surface area contributed by atoms with E-state index in [1.54, 1.807) is 6.07 Å². The molecular weight excluding hydrogens is 264 g/mol. The zero-order chi connectivity index (χ0) is 15.6. The average molecular weight is 292 g/mol. The number of nitrogens with one attached hydrogen (secondary N) is 1. The molecule has 0 saturated carbocycles. The van der Waals surface area contributed by atoms with Gasteiger partial charge in [0.15, 0.2) is 0 Å². The van der Waals surface area contributed by atoms with E-state index in [-0.39, 0.29) is 6.04 Å². The molecule has 4 nitrogen and oxygen atoms in total. The summed E-state index contributed by atoms with van der Waals surface area (Å²) in [5.74, 6) is 0.319. The number of aliphatic hydroxyl groups is 1. The van der Waals surface area contributed by atoms with Crippen molar-refractivity contribution in [2.24, 2.45) is 0 Å². The van der Waals surface area contributed by atoms with Crippen molar-refractivity contribution in [3.63, 3.8) is 0 Å². The molecule has 21 heavy (non-hydrogen) atoms. The Kier molecular flexibility index (Phi) is 5.12. The van der Waals surface area contributed by atoms with Crippen molar-refractivity contribution in [3.05, 3.63) is 23.3 Å². The van der Waals surface area contributed by atoms with Gasteiger partial charge < -0.3 is 20.4 Å². The van der Waals surface area contributed by atoms with E-state index in [1.807, 2.05) is 6.07 Å². The molecule has 2 atom stereocenters. The minimum atomic E-state index is -0.508. The lowest BCUT2D eigenvalue weighted by Gasteiger charge is -2.35. The molecule has 3 N–H and O–H groups in total. The monoisotopic (exact) mass is 292 g/mol. The molecule has 0 unspecified atom stereocenters. The molecule has 0 heterocycles. The highest BCUT2D eigenvalue weighted by atomic mass is 16.3. The van der Waals surface area contributed by atoms with Crippen LogP contribution < -0.4 is 10.2 Å². The summed E-state index contributed by atoms with van der Waals surface area (Å²) in [6.45, 7) is 10.1. The maximum atomic E-state index is 10.6. The second-order valence-electron chi connectivity index (χ2n) is 6.08. The fourth-order valence-electron chi connectivity index (χ4n) is 3.35. The van der Waals surface area contributed by atoms with Crippen LogP contribution in [0.2, 0.25) is 0 Å². The fourth-order valence-corrected chi connectivity index (χ4v) is 3.35. The number of fused-ring (bicyclic) bond motifs is 1. The van der Waals surface area contributed by atoms with Crippen LogP contribution in [0.15, 0.2) is 12.1 Å². The Morgan fingerprint density at radius 1 is 1.29 bits per heavy atom. The van der Waals surface area contributed by atoms with Gasteiger partial charge in [-0.1, -0.05) is 19.9 Å². The molecule has 0 saturated heterocycles. The first kappa shape index (κ1) is 16.1. The van der Waals surface area contributed by atoms with Crippen LogP contribution in [0, 0.1) is 0 Å². The Morgan fingerprint density at radius 2 is 1.95 bits per heavy atom. The molecule has 2 rings (SSSR count). The normalized spacial score (nSPS) is 21.4. The highest BCUT2D eigenvalue weighted by molar-refractivity contribution is 5.66. The average Bonchev–Trinajstić information content (AvgIpc) is 2.45. The molecule has 1 aliphatic rings. The number of aliphatic hydroxyl groups excluding tert-OH is 1. The molecule has 0 aliphatic heterocycles. The largest absolute Gasteiger partial charge is 0.506 e. The van der Waals surface area contributed by atoms with E-state index in [9.17, 15) is 10.2 Å². The predicted octanol–water partition coefficient (Wildman–Crippen LogP) is 2.58. The highest BCUT2D eigenvalue weighted by Crippen LogP contribution is 2.41. The van der Waals surface area contributed by atoms with Gasteiger partial charge in [0.1, 0.15) is 5.75 Å². The van der Waals surface area contributed by atoms with Gasteiger partial charge in [-0.3, -0.25) is 0 Å². The Bertz CT molecular complexity index is 484. The lowest BCUT2D eigenvalue weighted by Crippen LogP contribution is -2.42. The van der Waals surface area contributed by atoms with Gasteiger partial charge in [0.2, 0.25) is 0 Å². The molecule has 118 valence electrons. The number of benzene rings is 1. The van der Waals surface area contributed by atoms with Crippen molar-refractivity contribution < 1.29 is 10.2 Å². The smallest absolute Gasteiger partial charge is 0.139 e. The van der Waals surface area contributed by atoms with Crippen molar-refractivity contribution in [3.8, 4) is 5.75 Å². The Labute approximate surface area is 127 Å². The van der Waals surface area contributed by atoms with Gasteiger partial charge in [0.25, 0.3) is 0 Å². The molecular formula is C17H28N2O2. The number of hydrogen-bond acceptors (Lipinski definition) is 4. The Hall–Kier alpha value is -1.26. The van der Waals surface area contributed by atoms with Gasteiger partial charge in [0, 0.05) is 25.2 Å². The van der Waals surface area contributed by atoms with Crippen molar-refractivity contribution in [2.75, 3.05) is 18.0 Å². The van der Waals surface area contributed by atoms with Crippen molar-refractivity contribution in [1.29, 1.82) is 0 Å². The first-order chi connectivity index (χ1) is 9.99. The van der Waals surface area contributed by atoms with Crippen LogP contribution in [0.1, 0.15) is 51.3 Å². The summed E-state index contributed by atoms with van der Waals surface area (Å²) in [6.07, 6.45) is 1.27. The quantitative estimate of drug-likeness (QED) is 0.781. The Morgan fingerprint density at radius 3 is 2.52 bits per heavy atom. The number of hydrogen-bond donors (Lipinski definition) is 3. The van der Waals surface area contributed by atoms with Crippen molar-refractivity contribution in [1.82, 2.24) is 5.32 Å². The summed E-state index contributed by atoms with van der Waals surface area (Å²) in [4.78, 5) is 2.16. The second kappa shape index (κ2) is 6.67. The minimum Gasteiger partial charge on any atom is -0.506 e. The SMILES string of the molecule is CCN(CC)c1c(O)ccc2c1CC[C@@H](NC(C)C)[C@@H]2O. The lowest BCUT2D eigenvalue weighted by atomic mass is 9.84. The van der Waals surface area contributed by atoms with Crippen LogP contribution in [-0.2, 0) is 6.42 Å². The summed E-state index contributed by atoms with van der Waals surface area (Å²) >= 11 is 0. The van der Waals surface area contributed by atoms with Crippen LogP contribution in [0.4, 0.5) is 5.69 Å². The number of phenols is 1. The van der Waals surface area contributed by atoms with E-state index in [0.717, 1.165) is 42.7 Å². The highest BCUT2D eigenvalue weighted by Gasteiger charge is 2.31. The van der Waals surface area contributed by atoms with Crippen LogP contribution in [-0.4, -0.2) is 35.4 Å². The van der Waals surface area contributed by atoms with E-state index >= 15 is 0 Å². The number of nitrogens with zero attached hydrogens (tertiary/aromatic N) is 1. The molecule has 0 aromatic heterocycles. The fraction of sp³-hybridized carbons (Fsp3) is 0.647. The van der Waals surface area contributed by atoms with Crippen molar-refractivity contribution >= 4 is 5.69 Å². The van der Waals surface area contributed by atoms with E-state index in [0.29, 0.717) is 11.8 Å². The molecule has 1 aromatic rings. The third-order valence-corrected chi connectivity index (χ3v) is 4.33. The van der Waals surface area contributed by atoms with Gasteiger partial charge in [-0.05, 0) is 43.9 Å². The zero-order valence-corrected chi connectivity index (χ0v) is 13.6. The van der Waals surface area contributed by atoms with E-state index < -0.39 is 6.10 Å². The molecule has 0 spiro atoms. The third-order valence-electron chi connectivity index (χ3n) is 4.33. The lowest BCUT2D eigenvalue weighted by molar-refractivity contribution is 0.110. The van der Waals surface area contributed by atoms with E-state index in [2.05, 4.69) is 37.9 Å². The summed E-state index contributed by atoms with van der Waals surface area (Å²) in [5, 5.41) is 24.3. The molecule has 0 amide bonds. The number of aromatic hydroxyl groups is 1. The maximum Gasteiger partial charge on any atom is 0.139 e. The van der Waals surface area contributed by atoms with Crippen LogP contribution in [0.25, 0.3) is 0 Å². The van der Waals surface area contributed by atoms with Gasteiger partial charge in [-0.15, -0.1) is 0 Å². The van der Waals surface area contributed by atoms with Crippen LogP contribution in [0.3, 0.4) is 0 Å². The van der Waals surface area contributed by atoms with Gasteiger partial charge >= 0.3 is 0 Å². The zero-order valence-electron chi connectivity index (χ0n) is 13.6. The second-order valence-corrected chi connectivity index (χ2v) is 6.08. The molecule has 0 fully saturated rings. The standard InChI is InChI=1S/C17H28N2O2/c1-5-19(6-2)16-12-7-9-14(18-11(3)4)17(21)13(12)8-10-15(16)20/h8,10-11,14,17-18,20-21H,5-7,9H2,1-4H3/t14-,17-/m1/s1. The maximum absolute atomic E-state index is 10.6. The Balaban J connectivity index is 2.39. The first-order valence-corrected chi connectivity index (χ1v) is 8.03. The molecule has 4 heteroatoms. The molecule has 0 radical (unpaired) electrons. The number of phenolic OH excluding ortho intramolecular Hbond substituents is 1. The topological polar surface area (TPSA) is 55.7 Å². The predicted molar refractivity (Wildman–Crippen MR) is 87.0 cm³/mol. The summed E-state index contributed by atoms with van der Waals surface area (Å²) in [7, 11) is 0. The van der Waals surface area contributed by atoms with Crippen LogP contribution >= 0.6 is 0 Å². The van der Waals surface area contributed by atoms with Crippen molar-refractivity contribution in [2.45, 2.75) is 58.7 Å². The summed E-state index contributed by atoms with van der Waals surface area (Å²) < 4.78 is 0. The van der Waals surface area contributed by atoms with Gasteiger partial charge in [-0.25, -0.2) is 0 Å². The van der Waals surface area contributed by atoms with E-state index in [1.165, 1.54) is 0 Å². The number of anilines is 1. The molecule has 0 bridgehead atoms. The van der Waals surface area contributed by atoms with E-state index in [4.69, 9.17) is 0 Å². The minimum absolute atomic E-state index is 0.0894. The first-order valence-electron chi connectivity index (χ1n) is 8.03.